The molecule has 0 aliphatic carbocycles. The lowest BCUT2D eigenvalue weighted by Gasteiger charge is -1.69. The summed E-state index contributed by atoms with van der Waals surface area (Å²) >= 11 is 0. The average Bonchev–Trinajstić information content (AvgIpc) is 1.84. The van der Waals surface area contributed by atoms with Crippen molar-refractivity contribution in [3.8, 4) is 0 Å². The summed E-state index contributed by atoms with van der Waals surface area (Å²) in [6.45, 7) is 0. The minimum atomic E-state index is -3.52. The Morgan fingerprint density at radius 1 is 1.43 bits per heavy atom. The first-order valence-electron chi connectivity index (χ1n) is 1.41. The van der Waals surface area contributed by atoms with Gasteiger partial charge in [0.25, 0.3) is 0 Å². The maximum atomic E-state index is 9.97. The second-order valence-corrected chi connectivity index (χ2v) is 2.14. The highest BCUT2D eigenvalue weighted by Gasteiger charge is 2.05. The molecule has 7 heavy (non-hydrogen) atoms. The van der Waals surface area contributed by atoms with Gasteiger partial charge in [0.2, 0.25) is 0 Å². The van der Waals surface area contributed by atoms with Crippen molar-refractivity contribution in [3.63, 3.8) is 0 Å². The predicted molar refractivity (Wildman–Crippen MR) is 22.3 cm³/mol. The lowest BCUT2D eigenvalue weighted by atomic mass is 11.4. The molecule has 0 aromatic heterocycles. The largest absolute Gasteiger partial charge is 0.382 e. The monoisotopic (exact) mass is 119 g/mol. The van der Waals surface area contributed by atoms with Crippen molar-refractivity contribution in [1.82, 2.24) is 0 Å². The van der Waals surface area contributed by atoms with E-state index < -0.39 is 10.2 Å². The fraction of sp³-hybridized carbons (Fsp3) is 0. The van der Waals surface area contributed by atoms with Gasteiger partial charge in [-0.05, 0) is 4.52 Å². The molecule has 0 saturated carbocycles. The fourth-order valence-electron chi connectivity index (χ4n) is 0.182. The van der Waals surface area contributed by atoms with Gasteiger partial charge in [0.05, 0.1) is 0 Å². The van der Waals surface area contributed by atoms with Gasteiger partial charge in [0.1, 0.15) is 0 Å². The number of hydrogen-bond donors (Lipinski definition) is 0. The van der Waals surface area contributed by atoms with E-state index in [1.807, 2.05) is 0 Å². The highest BCUT2D eigenvalue weighted by molar-refractivity contribution is 7.88. The standard InChI is InChI=1S/CHN3O2S/c5-7(6)3-1-2-4-7/h1H. The Hall–Kier alpha value is -0.780. The molecule has 0 unspecified atom stereocenters. The third kappa shape index (κ3) is 0.801. The van der Waals surface area contributed by atoms with Crippen molar-refractivity contribution >= 4 is 16.5 Å². The van der Waals surface area contributed by atoms with Gasteiger partial charge in [-0.2, -0.15) is 8.42 Å². The number of nitrogens with zero attached hydrogens (tertiary/aromatic N) is 3. The van der Waals surface area contributed by atoms with Crippen molar-refractivity contribution in [2.24, 2.45) is 14.0 Å². The van der Waals surface area contributed by atoms with Gasteiger partial charge in [0.15, 0.2) is 6.34 Å². The second-order valence-electron chi connectivity index (χ2n) is 0.866. The van der Waals surface area contributed by atoms with Gasteiger partial charge in [-0.15, -0.1) is 9.51 Å². The van der Waals surface area contributed by atoms with Crippen LogP contribution in [0.2, 0.25) is 0 Å². The van der Waals surface area contributed by atoms with Crippen LogP contribution in [0.25, 0.3) is 0 Å². The molecule has 0 amide bonds. The van der Waals surface area contributed by atoms with Crippen LogP contribution in [-0.4, -0.2) is 14.8 Å². The van der Waals surface area contributed by atoms with E-state index in [-0.39, 0.29) is 0 Å². The molecule has 6 heteroatoms. The van der Waals surface area contributed by atoms with Gasteiger partial charge in [-0.25, -0.2) is 0 Å². The van der Waals surface area contributed by atoms with Gasteiger partial charge in [0, 0.05) is 0 Å². The molecule has 0 fully saturated rings. The minimum Gasteiger partial charge on any atom is -0.177 e. The summed E-state index contributed by atoms with van der Waals surface area (Å²) < 4.78 is 25.6. The first-order valence-corrected chi connectivity index (χ1v) is 2.81. The van der Waals surface area contributed by atoms with Crippen molar-refractivity contribution in [1.29, 1.82) is 0 Å². The summed E-state index contributed by atoms with van der Waals surface area (Å²) in [4.78, 5) is 0. The van der Waals surface area contributed by atoms with E-state index in [4.69, 9.17) is 0 Å². The van der Waals surface area contributed by atoms with E-state index in [9.17, 15) is 8.42 Å². The van der Waals surface area contributed by atoms with Gasteiger partial charge >= 0.3 is 10.2 Å². The fourth-order valence-corrected chi connectivity index (χ4v) is 0.547. The Kier molecular flexibility index (Phi) is 0.684. The molecular weight excluding hydrogens is 118 g/mol. The normalized spacial score (nSPS) is 23.4. The molecule has 0 saturated heterocycles. The zero-order chi connectivity index (χ0) is 5.33. The summed E-state index contributed by atoms with van der Waals surface area (Å²) in [6.07, 6.45) is 0.884. The average molecular weight is 119 g/mol. The zero-order valence-corrected chi connectivity index (χ0v) is 3.96. The maximum Gasteiger partial charge on any atom is 0.382 e. The first kappa shape index (κ1) is 4.38. The molecule has 1 aliphatic rings. The van der Waals surface area contributed by atoms with Gasteiger partial charge < -0.3 is 0 Å². The van der Waals surface area contributed by atoms with E-state index in [2.05, 4.69) is 14.0 Å². The van der Waals surface area contributed by atoms with E-state index in [0.717, 1.165) is 6.34 Å². The number of rotatable bonds is 0. The molecule has 0 spiro atoms. The molecule has 1 aliphatic heterocycles. The van der Waals surface area contributed by atoms with Crippen LogP contribution >= 0.6 is 0 Å². The molecule has 0 aromatic rings. The molecular formula is CHN3O2S. The van der Waals surface area contributed by atoms with Crippen LogP contribution in [0.4, 0.5) is 0 Å². The molecule has 0 bridgehead atoms. The number of hydrogen-bond acceptors (Lipinski definition) is 3. The van der Waals surface area contributed by atoms with Gasteiger partial charge in [-0.3, -0.25) is 0 Å². The molecule has 38 valence electrons. The Morgan fingerprint density at radius 2 is 2.14 bits per heavy atom. The molecule has 0 aromatic carbocycles. The Morgan fingerprint density at radius 3 is 2.29 bits per heavy atom. The lowest BCUT2D eigenvalue weighted by Crippen LogP contribution is -1.80. The van der Waals surface area contributed by atoms with E-state index in [1.54, 1.807) is 0 Å². The van der Waals surface area contributed by atoms with Crippen LogP contribution in [-0.2, 0) is 10.2 Å². The minimum absolute atomic E-state index is 0.884. The van der Waals surface area contributed by atoms with Crippen LogP contribution < -0.4 is 0 Å². The topological polar surface area (TPSA) is 71.2 Å². The summed E-state index contributed by atoms with van der Waals surface area (Å²) in [5.74, 6) is 0. The van der Waals surface area contributed by atoms with Gasteiger partial charge in [-0.1, -0.05) is 0 Å². The third-order valence-corrected chi connectivity index (χ3v) is 1.04. The zero-order valence-electron chi connectivity index (χ0n) is 3.14. The van der Waals surface area contributed by atoms with Crippen LogP contribution in [0.5, 0.6) is 0 Å². The third-order valence-electron chi connectivity index (χ3n) is 0.382. The smallest absolute Gasteiger partial charge is 0.177 e. The second kappa shape index (κ2) is 1.09. The predicted octanol–water partition coefficient (Wildman–Crippen LogP) is -0.275. The summed E-state index contributed by atoms with van der Waals surface area (Å²) in [5, 5.41) is 2.98. The SMILES string of the molecule is O=S1(=O)N=CN=N1. The van der Waals surface area contributed by atoms with E-state index in [1.165, 1.54) is 0 Å². The molecule has 0 radical (unpaired) electrons. The van der Waals surface area contributed by atoms with Crippen molar-refractivity contribution in [2.45, 2.75) is 0 Å². The Balaban J connectivity index is 3.25. The van der Waals surface area contributed by atoms with E-state index in [0.29, 0.717) is 0 Å². The summed E-state index contributed by atoms with van der Waals surface area (Å²) in [6, 6.07) is 0. The van der Waals surface area contributed by atoms with Crippen LogP contribution in [0.1, 0.15) is 0 Å². The lowest BCUT2D eigenvalue weighted by molar-refractivity contribution is 0.599. The highest BCUT2D eigenvalue weighted by Crippen LogP contribution is 1.98. The van der Waals surface area contributed by atoms with Crippen molar-refractivity contribution in [3.05, 3.63) is 0 Å². The summed E-state index contributed by atoms with van der Waals surface area (Å²) in [7, 11) is -3.52. The summed E-state index contributed by atoms with van der Waals surface area (Å²) in [5.41, 5.74) is 0. The van der Waals surface area contributed by atoms with Crippen molar-refractivity contribution < 1.29 is 8.42 Å². The molecule has 5 nitrogen and oxygen atoms in total. The molecule has 1 heterocycles. The highest BCUT2D eigenvalue weighted by atomic mass is 32.2. The van der Waals surface area contributed by atoms with Crippen LogP contribution in [0.15, 0.2) is 14.0 Å². The van der Waals surface area contributed by atoms with Crippen LogP contribution in [0.3, 0.4) is 0 Å². The molecule has 0 atom stereocenters. The maximum absolute atomic E-state index is 9.97. The Labute approximate surface area is 40.0 Å². The quantitative estimate of drug-likeness (QED) is 0.440. The first-order chi connectivity index (χ1) is 3.21. The van der Waals surface area contributed by atoms with Crippen LogP contribution in [0, 0.1) is 0 Å². The van der Waals surface area contributed by atoms with E-state index >= 15 is 0 Å². The Bertz CT molecular complexity index is 193. The molecule has 0 N–H and O–H groups in total. The molecule has 1 rings (SSSR count). The van der Waals surface area contributed by atoms with Crippen molar-refractivity contribution in [2.75, 3.05) is 0 Å².